The minimum Gasteiger partial charge on any atom is -0.465 e. The molecule has 2 aromatic rings. The molecule has 21 heavy (non-hydrogen) atoms. The number of Topliss-reactive ketones (excluding diaryl/α,β-unsaturated/α-hetero) is 1. The van der Waals surface area contributed by atoms with Crippen molar-refractivity contribution >= 4 is 23.5 Å². The third-order valence-electron chi connectivity index (χ3n) is 3.13. The Morgan fingerprint density at radius 3 is 2.90 bits per heavy atom. The molecule has 1 aliphatic heterocycles. The summed E-state index contributed by atoms with van der Waals surface area (Å²) in [4.78, 5) is 23.7. The number of benzene rings is 1. The van der Waals surface area contributed by atoms with Gasteiger partial charge in [0.05, 0.1) is 12.0 Å². The maximum absolute atomic E-state index is 12.0. The average Bonchev–Trinajstić information content (AvgIpc) is 2.99. The van der Waals surface area contributed by atoms with Crippen LogP contribution < -0.4 is 10.1 Å². The van der Waals surface area contributed by atoms with Crippen LogP contribution in [-0.4, -0.2) is 11.7 Å². The van der Waals surface area contributed by atoms with Gasteiger partial charge in [-0.25, -0.2) is 0 Å². The predicted molar refractivity (Wildman–Crippen MR) is 77.0 cm³/mol. The highest BCUT2D eigenvalue weighted by atomic mass is 16.5. The summed E-state index contributed by atoms with van der Waals surface area (Å²) in [6.07, 6.45) is 3.45. The zero-order valence-corrected chi connectivity index (χ0v) is 11.4. The highest BCUT2D eigenvalue weighted by molar-refractivity contribution is 6.09. The molecule has 0 saturated heterocycles. The third kappa shape index (κ3) is 2.58. The van der Waals surface area contributed by atoms with E-state index in [9.17, 15) is 9.59 Å². The molecule has 1 amide bonds. The van der Waals surface area contributed by atoms with Gasteiger partial charge in [-0.3, -0.25) is 9.59 Å². The number of hydrogen-bond donors (Lipinski definition) is 1. The Hall–Kier alpha value is -2.82. The molecule has 1 aliphatic rings. The summed E-state index contributed by atoms with van der Waals surface area (Å²) in [6.45, 7) is 1.79. The third-order valence-corrected chi connectivity index (χ3v) is 3.13. The largest absolute Gasteiger partial charge is 0.465 e. The second-order valence-electron chi connectivity index (χ2n) is 4.57. The SMILES string of the molecule is CCC(=O)c1ccc2c(c1)NC(=O)/C(=C\c1ccco1)O2. The molecule has 0 saturated carbocycles. The van der Waals surface area contributed by atoms with E-state index in [1.165, 1.54) is 12.3 Å². The molecule has 0 radical (unpaired) electrons. The summed E-state index contributed by atoms with van der Waals surface area (Å²) in [5, 5.41) is 2.72. The van der Waals surface area contributed by atoms with Crippen LogP contribution in [-0.2, 0) is 4.79 Å². The number of ether oxygens (including phenoxy) is 1. The molecule has 5 nitrogen and oxygen atoms in total. The van der Waals surface area contributed by atoms with E-state index in [-0.39, 0.29) is 17.4 Å². The summed E-state index contributed by atoms with van der Waals surface area (Å²) < 4.78 is 10.7. The smallest absolute Gasteiger partial charge is 0.291 e. The molecule has 5 heteroatoms. The second-order valence-corrected chi connectivity index (χ2v) is 4.57. The van der Waals surface area contributed by atoms with Crippen molar-refractivity contribution in [1.29, 1.82) is 0 Å². The number of anilines is 1. The molecule has 1 N–H and O–H groups in total. The van der Waals surface area contributed by atoms with E-state index in [0.717, 1.165) is 0 Å². The first kappa shape index (κ1) is 13.2. The van der Waals surface area contributed by atoms with Crippen molar-refractivity contribution in [2.45, 2.75) is 13.3 Å². The fraction of sp³-hybridized carbons (Fsp3) is 0.125. The van der Waals surface area contributed by atoms with Crippen LogP contribution in [0.4, 0.5) is 5.69 Å². The van der Waals surface area contributed by atoms with Gasteiger partial charge in [0.1, 0.15) is 5.76 Å². The summed E-state index contributed by atoms with van der Waals surface area (Å²) in [6, 6.07) is 8.44. The number of hydrogen-bond acceptors (Lipinski definition) is 4. The van der Waals surface area contributed by atoms with E-state index < -0.39 is 0 Å². The van der Waals surface area contributed by atoms with Crippen LogP contribution >= 0.6 is 0 Å². The Kier molecular flexibility index (Phi) is 3.31. The Morgan fingerprint density at radius 1 is 1.33 bits per heavy atom. The van der Waals surface area contributed by atoms with Crippen molar-refractivity contribution in [3.05, 3.63) is 53.7 Å². The van der Waals surface area contributed by atoms with Crippen LogP contribution in [0, 0.1) is 0 Å². The molecule has 0 bridgehead atoms. The van der Waals surface area contributed by atoms with Crippen molar-refractivity contribution in [2.24, 2.45) is 0 Å². The van der Waals surface area contributed by atoms with Gasteiger partial charge < -0.3 is 14.5 Å². The zero-order valence-electron chi connectivity index (χ0n) is 11.4. The molecule has 0 unspecified atom stereocenters. The van der Waals surface area contributed by atoms with E-state index in [2.05, 4.69) is 5.32 Å². The molecular formula is C16H13NO4. The van der Waals surface area contributed by atoms with Gasteiger partial charge in [-0.15, -0.1) is 0 Å². The minimum atomic E-state index is -0.375. The minimum absolute atomic E-state index is 0.0176. The monoisotopic (exact) mass is 283 g/mol. The topological polar surface area (TPSA) is 68.5 Å². The van der Waals surface area contributed by atoms with Gasteiger partial charge in [0.2, 0.25) is 0 Å². The number of carbonyl (C=O) groups excluding carboxylic acids is 2. The number of carbonyl (C=O) groups is 2. The van der Waals surface area contributed by atoms with Crippen molar-refractivity contribution in [3.63, 3.8) is 0 Å². The maximum Gasteiger partial charge on any atom is 0.291 e. The van der Waals surface area contributed by atoms with Crippen LogP contribution in [0.3, 0.4) is 0 Å². The van der Waals surface area contributed by atoms with Crippen LogP contribution in [0.5, 0.6) is 5.75 Å². The maximum atomic E-state index is 12.0. The lowest BCUT2D eigenvalue weighted by Crippen LogP contribution is -2.23. The van der Waals surface area contributed by atoms with Crippen molar-refractivity contribution in [2.75, 3.05) is 5.32 Å². The number of furan rings is 1. The summed E-state index contributed by atoms with van der Waals surface area (Å²) in [5.41, 5.74) is 1.05. The van der Waals surface area contributed by atoms with E-state index in [4.69, 9.17) is 9.15 Å². The highest BCUT2D eigenvalue weighted by Crippen LogP contribution is 2.32. The number of fused-ring (bicyclic) bond motifs is 1. The van der Waals surface area contributed by atoms with Crippen molar-refractivity contribution in [3.8, 4) is 5.75 Å². The first-order chi connectivity index (χ1) is 10.2. The summed E-state index contributed by atoms with van der Waals surface area (Å²) >= 11 is 0. The molecule has 2 heterocycles. The van der Waals surface area contributed by atoms with E-state index in [1.54, 1.807) is 37.3 Å². The molecule has 1 aromatic heterocycles. The van der Waals surface area contributed by atoms with Gasteiger partial charge in [0.25, 0.3) is 5.91 Å². The number of nitrogens with one attached hydrogen (secondary N) is 1. The van der Waals surface area contributed by atoms with Crippen LogP contribution in [0.1, 0.15) is 29.5 Å². The van der Waals surface area contributed by atoms with Crippen LogP contribution in [0.15, 0.2) is 46.8 Å². The molecule has 0 atom stereocenters. The normalized spacial score (nSPS) is 15.3. The molecule has 0 spiro atoms. The lowest BCUT2D eigenvalue weighted by Gasteiger charge is -2.20. The van der Waals surface area contributed by atoms with Crippen LogP contribution in [0.25, 0.3) is 6.08 Å². The zero-order chi connectivity index (χ0) is 14.8. The standard InChI is InChI=1S/C16H13NO4/c1-2-13(18)10-5-6-14-12(8-10)17-16(19)15(21-14)9-11-4-3-7-20-11/h3-9H,2H2,1H3,(H,17,19)/b15-9+. The van der Waals surface area contributed by atoms with Gasteiger partial charge in [0, 0.05) is 18.1 Å². The molecule has 106 valence electrons. The van der Waals surface area contributed by atoms with Gasteiger partial charge in [-0.2, -0.15) is 0 Å². The molecule has 0 aliphatic carbocycles. The first-order valence-corrected chi connectivity index (χ1v) is 6.59. The molecular weight excluding hydrogens is 270 g/mol. The Bertz CT molecular complexity index is 729. The van der Waals surface area contributed by atoms with Gasteiger partial charge >= 0.3 is 0 Å². The Balaban J connectivity index is 1.92. The average molecular weight is 283 g/mol. The summed E-state index contributed by atoms with van der Waals surface area (Å²) in [5.74, 6) is 0.817. The van der Waals surface area contributed by atoms with E-state index in [0.29, 0.717) is 29.2 Å². The number of amides is 1. The Labute approximate surface area is 121 Å². The predicted octanol–water partition coefficient (Wildman–Crippen LogP) is 3.24. The van der Waals surface area contributed by atoms with Crippen molar-refractivity contribution < 1.29 is 18.7 Å². The van der Waals surface area contributed by atoms with Crippen LogP contribution in [0.2, 0.25) is 0 Å². The van der Waals surface area contributed by atoms with Crippen molar-refractivity contribution in [1.82, 2.24) is 0 Å². The molecule has 1 aromatic carbocycles. The van der Waals surface area contributed by atoms with E-state index in [1.807, 2.05) is 0 Å². The molecule has 3 rings (SSSR count). The van der Waals surface area contributed by atoms with Gasteiger partial charge in [0.15, 0.2) is 17.3 Å². The molecule has 0 fully saturated rings. The van der Waals surface area contributed by atoms with E-state index >= 15 is 0 Å². The van der Waals surface area contributed by atoms with Gasteiger partial charge in [-0.1, -0.05) is 6.92 Å². The van der Waals surface area contributed by atoms with Gasteiger partial charge in [-0.05, 0) is 30.3 Å². The quantitative estimate of drug-likeness (QED) is 0.693. The second kappa shape index (κ2) is 5.28. The lowest BCUT2D eigenvalue weighted by molar-refractivity contribution is -0.115. The number of rotatable bonds is 3. The summed E-state index contributed by atoms with van der Waals surface area (Å²) in [7, 11) is 0. The Morgan fingerprint density at radius 2 is 2.19 bits per heavy atom. The first-order valence-electron chi connectivity index (χ1n) is 6.59. The lowest BCUT2D eigenvalue weighted by atomic mass is 10.1. The highest BCUT2D eigenvalue weighted by Gasteiger charge is 2.23. The fourth-order valence-electron chi connectivity index (χ4n) is 2.04. The number of ketones is 1. The fourth-order valence-corrected chi connectivity index (χ4v) is 2.04.